The van der Waals surface area contributed by atoms with Gasteiger partial charge in [-0.05, 0) is 43.7 Å². The van der Waals surface area contributed by atoms with Gasteiger partial charge in [0, 0.05) is 25.5 Å². The first kappa shape index (κ1) is 14.9. The van der Waals surface area contributed by atoms with E-state index in [-0.39, 0.29) is 5.56 Å². The molecule has 0 bridgehead atoms. The molecule has 4 heteroatoms. The predicted octanol–water partition coefficient (Wildman–Crippen LogP) is 3.81. The summed E-state index contributed by atoms with van der Waals surface area (Å²) in [5, 5.41) is 12.5. The fourth-order valence-corrected chi connectivity index (χ4v) is 2.27. The number of aryl methyl sites for hydroxylation is 2. The largest absolute Gasteiger partial charge is 0.478 e. The molecule has 0 aliphatic carbocycles. The highest BCUT2D eigenvalue weighted by Gasteiger charge is 2.11. The van der Waals surface area contributed by atoms with Crippen LogP contribution in [0.25, 0.3) is 0 Å². The summed E-state index contributed by atoms with van der Waals surface area (Å²) in [7, 11) is 3.97. The average molecular weight is 284 g/mol. The SMILES string of the molecule is Cc1ccc(Nc2ccc(C)c(N(C)C)c2)c(C(=O)O)c1. The van der Waals surface area contributed by atoms with E-state index in [2.05, 4.69) is 5.32 Å². The van der Waals surface area contributed by atoms with Crippen LogP contribution in [0.1, 0.15) is 21.5 Å². The lowest BCUT2D eigenvalue weighted by Gasteiger charge is -2.18. The van der Waals surface area contributed by atoms with Gasteiger partial charge in [-0.15, -0.1) is 0 Å². The van der Waals surface area contributed by atoms with Gasteiger partial charge in [-0.2, -0.15) is 0 Å². The Hall–Kier alpha value is -2.49. The Kier molecular flexibility index (Phi) is 4.17. The molecule has 0 saturated heterocycles. The lowest BCUT2D eigenvalue weighted by Crippen LogP contribution is -2.10. The van der Waals surface area contributed by atoms with E-state index in [0.29, 0.717) is 5.69 Å². The number of nitrogens with one attached hydrogen (secondary N) is 1. The molecule has 0 atom stereocenters. The van der Waals surface area contributed by atoms with Gasteiger partial charge in [0.2, 0.25) is 0 Å². The molecule has 2 aromatic rings. The van der Waals surface area contributed by atoms with Crippen molar-refractivity contribution in [2.75, 3.05) is 24.3 Å². The monoisotopic (exact) mass is 284 g/mol. The van der Waals surface area contributed by atoms with Crippen LogP contribution in [0.2, 0.25) is 0 Å². The van der Waals surface area contributed by atoms with Crippen molar-refractivity contribution in [3.8, 4) is 0 Å². The molecule has 110 valence electrons. The molecular weight excluding hydrogens is 264 g/mol. The van der Waals surface area contributed by atoms with Gasteiger partial charge in [0.25, 0.3) is 0 Å². The molecule has 0 amide bonds. The first-order chi connectivity index (χ1) is 9.88. The lowest BCUT2D eigenvalue weighted by molar-refractivity contribution is 0.0698. The molecule has 0 heterocycles. The quantitative estimate of drug-likeness (QED) is 0.896. The minimum Gasteiger partial charge on any atom is -0.478 e. The van der Waals surface area contributed by atoms with Crippen LogP contribution >= 0.6 is 0 Å². The second-order valence-corrected chi connectivity index (χ2v) is 5.37. The molecule has 0 fully saturated rings. The van der Waals surface area contributed by atoms with Crippen molar-refractivity contribution in [2.24, 2.45) is 0 Å². The van der Waals surface area contributed by atoms with Crippen LogP contribution in [-0.2, 0) is 0 Å². The molecule has 2 aromatic carbocycles. The van der Waals surface area contributed by atoms with Crippen LogP contribution in [0.15, 0.2) is 36.4 Å². The third-order valence-electron chi connectivity index (χ3n) is 3.38. The van der Waals surface area contributed by atoms with Gasteiger partial charge in [-0.1, -0.05) is 17.7 Å². The van der Waals surface area contributed by atoms with Crippen LogP contribution in [0.5, 0.6) is 0 Å². The average Bonchev–Trinajstić information content (AvgIpc) is 2.42. The van der Waals surface area contributed by atoms with Gasteiger partial charge in [-0.3, -0.25) is 0 Å². The Morgan fingerprint density at radius 3 is 2.43 bits per heavy atom. The minimum atomic E-state index is -0.929. The van der Waals surface area contributed by atoms with Crippen LogP contribution in [0.3, 0.4) is 0 Å². The van der Waals surface area contributed by atoms with E-state index in [1.165, 1.54) is 5.56 Å². The summed E-state index contributed by atoms with van der Waals surface area (Å²) in [6, 6.07) is 11.4. The summed E-state index contributed by atoms with van der Waals surface area (Å²) < 4.78 is 0. The molecule has 0 radical (unpaired) electrons. The summed E-state index contributed by atoms with van der Waals surface area (Å²) >= 11 is 0. The summed E-state index contributed by atoms with van der Waals surface area (Å²) in [5.74, 6) is -0.929. The number of benzene rings is 2. The number of anilines is 3. The summed E-state index contributed by atoms with van der Waals surface area (Å²) in [6.07, 6.45) is 0. The molecule has 0 aliphatic heterocycles. The Labute approximate surface area is 125 Å². The lowest BCUT2D eigenvalue weighted by atomic mass is 10.1. The van der Waals surface area contributed by atoms with Crippen LogP contribution in [0.4, 0.5) is 17.1 Å². The number of hydrogen-bond donors (Lipinski definition) is 2. The summed E-state index contributed by atoms with van der Waals surface area (Å²) in [4.78, 5) is 13.4. The highest BCUT2D eigenvalue weighted by molar-refractivity contribution is 5.95. The Balaban J connectivity index is 2.39. The number of aromatic carboxylic acids is 1. The van der Waals surface area contributed by atoms with E-state index in [1.54, 1.807) is 12.1 Å². The third-order valence-corrected chi connectivity index (χ3v) is 3.38. The minimum absolute atomic E-state index is 0.280. The highest BCUT2D eigenvalue weighted by atomic mass is 16.4. The second kappa shape index (κ2) is 5.87. The highest BCUT2D eigenvalue weighted by Crippen LogP contribution is 2.27. The van der Waals surface area contributed by atoms with Crippen LogP contribution < -0.4 is 10.2 Å². The van der Waals surface area contributed by atoms with Crippen molar-refractivity contribution in [1.29, 1.82) is 0 Å². The smallest absolute Gasteiger partial charge is 0.337 e. The zero-order valence-corrected chi connectivity index (χ0v) is 12.8. The zero-order chi connectivity index (χ0) is 15.6. The standard InChI is InChI=1S/C17H20N2O2/c1-11-5-8-15(14(9-11)17(20)21)18-13-7-6-12(2)16(10-13)19(3)4/h5-10,18H,1-4H3,(H,20,21). The van der Waals surface area contributed by atoms with Crippen molar-refractivity contribution in [3.63, 3.8) is 0 Å². The molecule has 2 rings (SSSR count). The number of hydrogen-bond acceptors (Lipinski definition) is 3. The number of carbonyl (C=O) groups is 1. The normalized spacial score (nSPS) is 10.3. The van der Waals surface area contributed by atoms with E-state index in [9.17, 15) is 9.90 Å². The molecule has 0 spiro atoms. The Morgan fingerprint density at radius 2 is 1.81 bits per heavy atom. The summed E-state index contributed by atoms with van der Waals surface area (Å²) in [6.45, 7) is 3.93. The fraction of sp³-hybridized carbons (Fsp3) is 0.235. The molecule has 21 heavy (non-hydrogen) atoms. The topological polar surface area (TPSA) is 52.6 Å². The maximum absolute atomic E-state index is 11.3. The first-order valence-electron chi connectivity index (χ1n) is 6.77. The van der Waals surface area contributed by atoms with Crippen LogP contribution in [-0.4, -0.2) is 25.2 Å². The maximum atomic E-state index is 11.3. The number of carboxylic acids is 1. The van der Waals surface area contributed by atoms with Crippen molar-refractivity contribution in [1.82, 2.24) is 0 Å². The number of nitrogens with zero attached hydrogens (tertiary/aromatic N) is 1. The first-order valence-corrected chi connectivity index (χ1v) is 6.77. The van der Waals surface area contributed by atoms with Crippen molar-refractivity contribution >= 4 is 23.0 Å². The predicted molar refractivity (Wildman–Crippen MR) is 86.9 cm³/mol. The zero-order valence-electron chi connectivity index (χ0n) is 12.8. The van der Waals surface area contributed by atoms with E-state index in [4.69, 9.17) is 0 Å². The molecule has 4 nitrogen and oxygen atoms in total. The fourth-order valence-electron chi connectivity index (χ4n) is 2.27. The molecule has 0 aliphatic rings. The van der Waals surface area contributed by atoms with Crippen molar-refractivity contribution in [2.45, 2.75) is 13.8 Å². The van der Waals surface area contributed by atoms with Gasteiger partial charge in [0.1, 0.15) is 0 Å². The van der Waals surface area contributed by atoms with E-state index >= 15 is 0 Å². The van der Waals surface area contributed by atoms with Gasteiger partial charge < -0.3 is 15.3 Å². The van der Waals surface area contributed by atoms with E-state index in [0.717, 1.165) is 16.9 Å². The van der Waals surface area contributed by atoms with Gasteiger partial charge >= 0.3 is 5.97 Å². The Morgan fingerprint density at radius 1 is 1.10 bits per heavy atom. The molecule has 0 unspecified atom stereocenters. The van der Waals surface area contributed by atoms with Gasteiger partial charge in [0.15, 0.2) is 0 Å². The van der Waals surface area contributed by atoms with E-state index < -0.39 is 5.97 Å². The van der Waals surface area contributed by atoms with E-state index in [1.807, 2.05) is 57.1 Å². The molecule has 0 saturated carbocycles. The van der Waals surface area contributed by atoms with Crippen molar-refractivity contribution in [3.05, 3.63) is 53.1 Å². The number of rotatable bonds is 4. The Bertz CT molecular complexity index is 678. The molecular formula is C17H20N2O2. The third kappa shape index (κ3) is 3.34. The van der Waals surface area contributed by atoms with Gasteiger partial charge in [0.05, 0.1) is 11.3 Å². The molecule has 0 aromatic heterocycles. The number of carboxylic acid groups (broad SMARTS) is 1. The van der Waals surface area contributed by atoms with Gasteiger partial charge in [-0.25, -0.2) is 4.79 Å². The molecule has 2 N–H and O–H groups in total. The maximum Gasteiger partial charge on any atom is 0.337 e. The summed E-state index contributed by atoms with van der Waals surface area (Å²) in [5.41, 5.74) is 4.95. The van der Waals surface area contributed by atoms with Crippen LogP contribution in [0, 0.1) is 13.8 Å². The second-order valence-electron chi connectivity index (χ2n) is 5.37. The van der Waals surface area contributed by atoms with Crippen molar-refractivity contribution < 1.29 is 9.90 Å².